The van der Waals surface area contributed by atoms with E-state index >= 15 is 0 Å². The summed E-state index contributed by atoms with van der Waals surface area (Å²) in [5.41, 5.74) is 7.98. The molecule has 4 nitrogen and oxygen atoms in total. The first-order valence-electron chi connectivity index (χ1n) is 10.8. The van der Waals surface area contributed by atoms with Crippen LogP contribution in [0.3, 0.4) is 0 Å². The van der Waals surface area contributed by atoms with Crippen molar-refractivity contribution in [2.75, 3.05) is 19.6 Å². The average Bonchev–Trinajstić information content (AvgIpc) is 2.70. The molecule has 2 aromatic carbocycles. The van der Waals surface area contributed by atoms with Crippen molar-refractivity contribution in [3.05, 3.63) is 69.7 Å². The second-order valence-corrected chi connectivity index (χ2v) is 10.5. The quantitative estimate of drug-likeness (QED) is 0.677. The number of rotatable bonds is 5. The van der Waals surface area contributed by atoms with Crippen molar-refractivity contribution >= 4 is 21.8 Å². The number of carbonyl (C=O) groups is 1. The molecule has 1 amide bonds. The highest BCUT2D eigenvalue weighted by Gasteiger charge is 2.46. The summed E-state index contributed by atoms with van der Waals surface area (Å²) in [4.78, 5) is 14.0. The maximum absolute atomic E-state index is 11.6. The first-order chi connectivity index (χ1) is 14.2. The maximum Gasteiger partial charge on any atom is 0.248 e. The Morgan fingerprint density at radius 1 is 1.23 bits per heavy atom. The Bertz CT molecular complexity index is 923. The highest BCUT2D eigenvalue weighted by atomic mass is 79.9. The lowest BCUT2D eigenvalue weighted by Gasteiger charge is -2.50. The van der Waals surface area contributed by atoms with Crippen molar-refractivity contribution in [3.63, 3.8) is 0 Å². The number of likely N-dealkylation sites (tertiary alicyclic amines) is 1. The molecule has 0 bridgehead atoms. The van der Waals surface area contributed by atoms with Gasteiger partial charge in [0, 0.05) is 23.1 Å². The molecule has 1 aliphatic carbocycles. The van der Waals surface area contributed by atoms with Gasteiger partial charge in [0.25, 0.3) is 0 Å². The smallest absolute Gasteiger partial charge is 0.248 e. The van der Waals surface area contributed by atoms with E-state index in [0.29, 0.717) is 17.4 Å². The Morgan fingerprint density at radius 3 is 2.57 bits per heavy atom. The maximum atomic E-state index is 11.6. The van der Waals surface area contributed by atoms with Gasteiger partial charge in [-0.1, -0.05) is 54.0 Å². The van der Waals surface area contributed by atoms with Gasteiger partial charge in [-0.05, 0) is 78.5 Å². The fraction of sp³-hybridized carbons (Fsp3) is 0.480. The van der Waals surface area contributed by atoms with Crippen LogP contribution in [0.1, 0.15) is 60.5 Å². The zero-order chi connectivity index (χ0) is 21.5. The normalized spacial score (nSPS) is 31.9. The van der Waals surface area contributed by atoms with E-state index < -0.39 is 5.60 Å². The van der Waals surface area contributed by atoms with Crippen molar-refractivity contribution in [1.82, 2.24) is 4.90 Å². The van der Waals surface area contributed by atoms with E-state index in [1.807, 2.05) is 12.1 Å². The van der Waals surface area contributed by atoms with Crippen molar-refractivity contribution in [3.8, 4) is 0 Å². The molecule has 2 atom stereocenters. The molecule has 1 heterocycles. The van der Waals surface area contributed by atoms with E-state index in [2.05, 4.69) is 65.0 Å². The molecule has 0 spiro atoms. The Morgan fingerprint density at radius 2 is 1.93 bits per heavy atom. The lowest BCUT2D eigenvalue weighted by Crippen LogP contribution is -2.56. The molecule has 1 saturated heterocycles. The van der Waals surface area contributed by atoms with Crippen LogP contribution in [0.25, 0.3) is 0 Å². The number of piperidine rings is 1. The van der Waals surface area contributed by atoms with Crippen LogP contribution in [0, 0.1) is 5.92 Å². The Kier molecular flexibility index (Phi) is 5.82. The number of amides is 1. The molecule has 3 N–H and O–H groups in total. The van der Waals surface area contributed by atoms with Gasteiger partial charge in [0.1, 0.15) is 0 Å². The number of nitrogens with zero attached hydrogens (tertiary/aromatic N) is 1. The van der Waals surface area contributed by atoms with Gasteiger partial charge < -0.3 is 15.7 Å². The molecule has 2 aromatic rings. The third kappa shape index (κ3) is 4.20. The minimum Gasteiger partial charge on any atom is -0.389 e. The summed E-state index contributed by atoms with van der Waals surface area (Å²) in [5.74, 6) is 0.491. The summed E-state index contributed by atoms with van der Waals surface area (Å²) in [6, 6.07) is 16.2. The molecule has 160 valence electrons. The number of halogens is 1. The summed E-state index contributed by atoms with van der Waals surface area (Å²) in [6.45, 7) is 7.20. The Balaban J connectivity index is 1.37. The van der Waals surface area contributed by atoms with Crippen LogP contribution in [0.15, 0.2) is 53.0 Å². The molecular weight excluding hydrogens is 440 g/mol. The van der Waals surface area contributed by atoms with Crippen molar-refractivity contribution in [2.24, 2.45) is 11.7 Å². The van der Waals surface area contributed by atoms with Gasteiger partial charge >= 0.3 is 0 Å². The van der Waals surface area contributed by atoms with Gasteiger partial charge in [-0.2, -0.15) is 0 Å². The van der Waals surface area contributed by atoms with E-state index in [0.717, 1.165) is 43.4 Å². The highest BCUT2D eigenvalue weighted by molar-refractivity contribution is 9.10. The van der Waals surface area contributed by atoms with E-state index in [4.69, 9.17) is 5.73 Å². The molecule has 30 heavy (non-hydrogen) atoms. The number of hydrogen-bond donors (Lipinski definition) is 2. The zero-order valence-electron chi connectivity index (χ0n) is 17.8. The third-order valence-corrected chi connectivity index (χ3v) is 8.01. The first-order valence-corrected chi connectivity index (χ1v) is 11.6. The van der Waals surface area contributed by atoms with Gasteiger partial charge in [0.2, 0.25) is 5.91 Å². The van der Waals surface area contributed by atoms with E-state index in [1.165, 1.54) is 11.1 Å². The monoisotopic (exact) mass is 470 g/mol. The predicted molar refractivity (Wildman–Crippen MR) is 124 cm³/mol. The van der Waals surface area contributed by atoms with E-state index in [-0.39, 0.29) is 11.3 Å². The molecule has 1 saturated carbocycles. The topological polar surface area (TPSA) is 66.6 Å². The molecular formula is C25H31BrN2O2. The van der Waals surface area contributed by atoms with Gasteiger partial charge in [-0.3, -0.25) is 4.79 Å². The fourth-order valence-corrected chi connectivity index (χ4v) is 5.55. The van der Waals surface area contributed by atoms with Crippen LogP contribution in [0.2, 0.25) is 0 Å². The van der Waals surface area contributed by atoms with E-state index in [1.54, 1.807) is 6.07 Å². The largest absolute Gasteiger partial charge is 0.389 e. The van der Waals surface area contributed by atoms with Crippen LogP contribution < -0.4 is 5.73 Å². The lowest BCUT2D eigenvalue weighted by atomic mass is 9.65. The summed E-state index contributed by atoms with van der Waals surface area (Å²) in [7, 11) is 0. The van der Waals surface area contributed by atoms with Crippen LogP contribution in [0.5, 0.6) is 0 Å². The van der Waals surface area contributed by atoms with Gasteiger partial charge in [0.05, 0.1) is 5.60 Å². The average molecular weight is 471 g/mol. The minimum atomic E-state index is -0.586. The van der Waals surface area contributed by atoms with Gasteiger partial charge in [-0.15, -0.1) is 0 Å². The van der Waals surface area contributed by atoms with Gasteiger partial charge in [-0.25, -0.2) is 0 Å². The van der Waals surface area contributed by atoms with Crippen LogP contribution in [-0.4, -0.2) is 41.1 Å². The molecule has 2 fully saturated rings. The predicted octanol–water partition coefficient (Wildman–Crippen LogP) is 4.46. The van der Waals surface area contributed by atoms with Crippen molar-refractivity contribution < 1.29 is 9.90 Å². The Hall–Kier alpha value is -1.69. The number of nitrogens with two attached hydrogens (primary N) is 1. The van der Waals surface area contributed by atoms with E-state index in [9.17, 15) is 9.90 Å². The molecule has 1 aliphatic heterocycles. The fourth-order valence-electron chi connectivity index (χ4n) is 5.29. The second-order valence-electron chi connectivity index (χ2n) is 9.63. The molecule has 2 unspecified atom stereocenters. The molecule has 2 aliphatic rings. The summed E-state index contributed by atoms with van der Waals surface area (Å²) in [6.07, 6.45) is 2.66. The van der Waals surface area contributed by atoms with Crippen molar-refractivity contribution in [2.45, 2.75) is 50.0 Å². The zero-order valence-corrected chi connectivity index (χ0v) is 19.4. The van der Waals surface area contributed by atoms with Crippen LogP contribution in [0.4, 0.5) is 0 Å². The minimum absolute atomic E-state index is 0.00412. The SMILES string of the molecule is CC1CN(C[C@]2(O)C[C@H](c3ccc(Br)cc3)C2)CCC1(C)c1cccc(C(N)=O)c1. The number of carbonyl (C=O) groups excluding carboxylic acids is 1. The number of β-amino-alcohol motifs (C(OH)–C–C–N with tert-alkyl or cyclic N) is 1. The summed E-state index contributed by atoms with van der Waals surface area (Å²) < 4.78 is 1.09. The number of aliphatic hydroxyl groups is 1. The number of hydrogen-bond acceptors (Lipinski definition) is 3. The summed E-state index contributed by atoms with van der Waals surface area (Å²) in [5, 5.41) is 11.1. The van der Waals surface area contributed by atoms with Crippen molar-refractivity contribution in [1.29, 1.82) is 0 Å². The Labute approximate surface area is 187 Å². The van der Waals surface area contributed by atoms with Crippen LogP contribution in [-0.2, 0) is 5.41 Å². The highest BCUT2D eigenvalue weighted by Crippen LogP contribution is 2.46. The van der Waals surface area contributed by atoms with Gasteiger partial charge in [0.15, 0.2) is 0 Å². The second kappa shape index (κ2) is 8.10. The molecule has 0 aromatic heterocycles. The molecule has 4 rings (SSSR count). The molecule has 5 heteroatoms. The number of primary amides is 1. The number of benzene rings is 2. The standard InChI is InChI=1S/C25H31BrN2O2/c1-17-15-28(11-10-24(17,2)21-5-3-4-19(12-21)23(27)29)16-25(30)13-20(14-25)18-6-8-22(26)9-7-18/h3-9,12,17,20,30H,10-11,13-16H2,1-2H3,(H2,27,29)/t17?,20-,24?,25-. The molecule has 0 radical (unpaired) electrons. The third-order valence-electron chi connectivity index (χ3n) is 7.49. The van der Waals surface area contributed by atoms with Crippen LogP contribution >= 0.6 is 15.9 Å². The lowest BCUT2D eigenvalue weighted by molar-refractivity contribution is -0.0815. The first kappa shape index (κ1) is 21.5. The summed E-state index contributed by atoms with van der Waals surface area (Å²) >= 11 is 3.49.